The van der Waals surface area contributed by atoms with Gasteiger partial charge in [0.15, 0.2) is 6.61 Å². The summed E-state index contributed by atoms with van der Waals surface area (Å²) in [6.07, 6.45) is 1.17. The maximum atomic E-state index is 12.6. The van der Waals surface area contributed by atoms with Crippen LogP contribution in [-0.2, 0) is 17.6 Å². The zero-order valence-electron chi connectivity index (χ0n) is 17.6. The van der Waals surface area contributed by atoms with Crippen LogP contribution in [0.1, 0.15) is 60.9 Å². The van der Waals surface area contributed by atoms with Gasteiger partial charge in [-0.3, -0.25) is 14.6 Å². The van der Waals surface area contributed by atoms with Gasteiger partial charge in [0.1, 0.15) is 5.78 Å². The maximum absolute atomic E-state index is 12.6. The number of aromatic nitrogens is 2. The number of rotatable bonds is 10. The Morgan fingerprint density at radius 2 is 1.90 bits per heavy atom. The Labute approximate surface area is 175 Å². The highest BCUT2D eigenvalue weighted by Gasteiger charge is 2.16. The van der Waals surface area contributed by atoms with Gasteiger partial charge >= 0.3 is 0 Å². The molecule has 0 saturated carbocycles. The molecule has 1 N–H and O–H groups in total. The van der Waals surface area contributed by atoms with Gasteiger partial charge in [0.05, 0.1) is 6.04 Å². The van der Waals surface area contributed by atoms with E-state index in [4.69, 9.17) is 4.74 Å². The molecule has 8 heteroatoms. The van der Waals surface area contributed by atoms with E-state index in [9.17, 15) is 18.4 Å². The number of amides is 1. The van der Waals surface area contributed by atoms with Gasteiger partial charge in [-0.1, -0.05) is 20.8 Å². The van der Waals surface area contributed by atoms with Crippen molar-refractivity contribution in [2.24, 2.45) is 5.92 Å². The lowest BCUT2D eigenvalue weighted by Crippen LogP contribution is -2.27. The zero-order chi connectivity index (χ0) is 22.3. The van der Waals surface area contributed by atoms with E-state index in [0.717, 1.165) is 5.56 Å². The smallest absolute Gasteiger partial charge is 0.272 e. The molecule has 0 aliphatic heterocycles. The molecule has 2 aromatic heterocycles. The summed E-state index contributed by atoms with van der Waals surface area (Å²) < 4.78 is 29.8. The average molecular weight is 419 g/mol. The molecule has 1 unspecified atom stereocenters. The first-order valence-electron chi connectivity index (χ1n) is 9.89. The number of carbonyl (C=O) groups is 2. The topological polar surface area (TPSA) is 81.2 Å². The van der Waals surface area contributed by atoms with Crippen LogP contribution in [0.15, 0.2) is 30.6 Å². The van der Waals surface area contributed by atoms with E-state index < -0.39 is 13.0 Å². The summed E-state index contributed by atoms with van der Waals surface area (Å²) in [4.78, 5) is 32.9. The van der Waals surface area contributed by atoms with Crippen molar-refractivity contribution in [1.82, 2.24) is 15.3 Å². The van der Waals surface area contributed by atoms with Crippen LogP contribution in [0.4, 0.5) is 8.78 Å². The first kappa shape index (κ1) is 23.4. The second kappa shape index (κ2) is 10.8. The SMILES string of the molecule is CCc1cc(C(C)NC(=O)c2ccnc(CC(=O)C(C)C)c2)cnc1OCC(F)F. The van der Waals surface area contributed by atoms with Gasteiger partial charge in [-0.2, -0.15) is 0 Å². The number of hydrogen-bond acceptors (Lipinski definition) is 5. The highest BCUT2D eigenvalue weighted by atomic mass is 19.3. The van der Waals surface area contributed by atoms with Gasteiger partial charge in [0, 0.05) is 41.6 Å². The molecule has 2 rings (SSSR count). The van der Waals surface area contributed by atoms with Crippen LogP contribution in [0.5, 0.6) is 5.88 Å². The van der Waals surface area contributed by atoms with Crippen LogP contribution < -0.4 is 10.1 Å². The molecule has 30 heavy (non-hydrogen) atoms. The van der Waals surface area contributed by atoms with Crippen LogP contribution in [0, 0.1) is 5.92 Å². The number of ether oxygens (including phenoxy) is 1. The van der Waals surface area contributed by atoms with E-state index in [1.807, 2.05) is 20.8 Å². The van der Waals surface area contributed by atoms with Crippen molar-refractivity contribution in [2.45, 2.75) is 53.0 Å². The lowest BCUT2D eigenvalue weighted by Gasteiger charge is -2.17. The molecule has 0 fully saturated rings. The van der Waals surface area contributed by atoms with E-state index in [0.29, 0.717) is 23.2 Å². The number of Topliss-reactive ketones (excluding diaryl/α,β-unsaturated/α-hetero) is 1. The van der Waals surface area contributed by atoms with Crippen molar-refractivity contribution in [3.8, 4) is 5.88 Å². The molecular weight excluding hydrogens is 392 g/mol. The van der Waals surface area contributed by atoms with Gasteiger partial charge in [0.2, 0.25) is 5.88 Å². The van der Waals surface area contributed by atoms with E-state index in [1.165, 1.54) is 12.4 Å². The summed E-state index contributed by atoms with van der Waals surface area (Å²) in [5, 5.41) is 2.88. The molecule has 0 aromatic carbocycles. The summed E-state index contributed by atoms with van der Waals surface area (Å²) >= 11 is 0. The van der Waals surface area contributed by atoms with Crippen molar-refractivity contribution >= 4 is 11.7 Å². The molecule has 0 radical (unpaired) electrons. The number of nitrogens with one attached hydrogen (secondary N) is 1. The number of carbonyl (C=O) groups excluding carboxylic acids is 2. The second-order valence-electron chi connectivity index (χ2n) is 7.32. The van der Waals surface area contributed by atoms with Gasteiger partial charge in [-0.15, -0.1) is 0 Å². The third-order valence-electron chi connectivity index (χ3n) is 4.60. The third kappa shape index (κ3) is 6.57. The first-order valence-corrected chi connectivity index (χ1v) is 9.89. The summed E-state index contributed by atoms with van der Waals surface area (Å²) in [5.41, 5.74) is 2.37. The summed E-state index contributed by atoms with van der Waals surface area (Å²) in [6.45, 7) is 6.61. The number of ketones is 1. The summed E-state index contributed by atoms with van der Waals surface area (Å²) in [5.74, 6) is -0.175. The molecule has 162 valence electrons. The maximum Gasteiger partial charge on any atom is 0.272 e. The van der Waals surface area contributed by atoms with Crippen molar-refractivity contribution in [3.05, 3.63) is 53.0 Å². The molecule has 2 heterocycles. The van der Waals surface area contributed by atoms with Crippen LogP contribution >= 0.6 is 0 Å². The van der Waals surface area contributed by atoms with Crippen molar-refractivity contribution in [3.63, 3.8) is 0 Å². The molecule has 1 atom stereocenters. The fraction of sp³-hybridized carbons (Fsp3) is 0.455. The number of pyridine rings is 2. The molecule has 0 spiro atoms. The number of halogens is 2. The third-order valence-corrected chi connectivity index (χ3v) is 4.60. The van der Waals surface area contributed by atoms with E-state index >= 15 is 0 Å². The fourth-order valence-electron chi connectivity index (χ4n) is 2.74. The Morgan fingerprint density at radius 1 is 1.17 bits per heavy atom. The van der Waals surface area contributed by atoms with Crippen molar-refractivity contribution < 1.29 is 23.1 Å². The van der Waals surface area contributed by atoms with Gasteiger partial charge in [-0.05, 0) is 37.1 Å². The minimum Gasteiger partial charge on any atom is -0.471 e. The second-order valence-corrected chi connectivity index (χ2v) is 7.32. The molecule has 0 aliphatic carbocycles. The van der Waals surface area contributed by atoms with E-state index in [2.05, 4.69) is 15.3 Å². The standard InChI is InChI=1S/C22H27F2N3O3/c1-5-15-8-17(11-26-22(15)30-12-20(23)24)14(4)27-21(29)16-6-7-25-18(9-16)10-19(28)13(2)3/h6-9,11,13-14,20H,5,10,12H2,1-4H3,(H,27,29). The minimum atomic E-state index is -2.57. The average Bonchev–Trinajstić information content (AvgIpc) is 2.71. The van der Waals surface area contributed by atoms with Crippen LogP contribution in [0.3, 0.4) is 0 Å². The highest BCUT2D eigenvalue weighted by molar-refractivity contribution is 5.94. The first-order chi connectivity index (χ1) is 14.2. The monoisotopic (exact) mass is 419 g/mol. The number of nitrogens with zero attached hydrogens (tertiary/aromatic N) is 2. The Balaban J connectivity index is 2.09. The Bertz CT molecular complexity index is 888. The van der Waals surface area contributed by atoms with E-state index in [-0.39, 0.29) is 36.0 Å². The quantitative estimate of drug-likeness (QED) is 0.631. The molecule has 0 aliphatic rings. The Hall–Kier alpha value is -2.90. The van der Waals surface area contributed by atoms with Gasteiger partial charge in [0.25, 0.3) is 12.3 Å². The predicted octanol–water partition coefficient (Wildman–Crippen LogP) is 3.94. The number of hydrogen-bond donors (Lipinski definition) is 1. The Kier molecular flexibility index (Phi) is 8.38. The lowest BCUT2D eigenvalue weighted by molar-refractivity contribution is -0.121. The van der Waals surface area contributed by atoms with Crippen LogP contribution in [0.25, 0.3) is 0 Å². The Morgan fingerprint density at radius 3 is 2.53 bits per heavy atom. The number of alkyl halides is 2. The van der Waals surface area contributed by atoms with Gasteiger partial charge in [-0.25, -0.2) is 13.8 Å². The van der Waals surface area contributed by atoms with Crippen LogP contribution in [0.2, 0.25) is 0 Å². The normalized spacial score (nSPS) is 12.1. The molecular formula is C22H27F2N3O3. The molecule has 1 amide bonds. The molecule has 0 bridgehead atoms. The van der Waals surface area contributed by atoms with Gasteiger partial charge < -0.3 is 10.1 Å². The molecule has 0 saturated heterocycles. The lowest BCUT2D eigenvalue weighted by atomic mass is 10.0. The summed E-state index contributed by atoms with van der Waals surface area (Å²) in [7, 11) is 0. The van der Waals surface area contributed by atoms with Crippen LogP contribution in [-0.4, -0.2) is 34.7 Å². The summed E-state index contributed by atoms with van der Waals surface area (Å²) in [6, 6.07) is 4.62. The van der Waals surface area contributed by atoms with E-state index in [1.54, 1.807) is 25.1 Å². The largest absolute Gasteiger partial charge is 0.471 e. The highest BCUT2D eigenvalue weighted by Crippen LogP contribution is 2.22. The number of aryl methyl sites for hydroxylation is 1. The molecule has 6 nitrogen and oxygen atoms in total. The fourth-order valence-corrected chi connectivity index (χ4v) is 2.74. The van der Waals surface area contributed by atoms with Crippen molar-refractivity contribution in [1.29, 1.82) is 0 Å². The van der Waals surface area contributed by atoms with Crippen molar-refractivity contribution in [2.75, 3.05) is 6.61 Å². The zero-order valence-corrected chi connectivity index (χ0v) is 17.6. The minimum absolute atomic E-state index is 0.0562. The molecule has 2 aromatic rings. The predicted molar refractivity (Wildman–Crippen MR) is 109 cm³/mol.